The van der Waals surface area contributed by atoms with Crippen LogP contribution in [0.3, 0.4) is 0 Å². The maximum absolute atomic E-state index is 11.6. The average molecular weight is 857 g/mol. The fourth-order valence-corrected chi connectivity index (χ4v) is 4.93. The van der Waals surface area contributed by atoms with Gasteiger partial charge in [-0.1, -0.05) is 13.8 Å². The molecule has 1 N–H and O–H groups in total. The van der Waals surface area contributed by atoms with Gasteiger partial charge in [0.25, 0.3) is 0 Å². The molecule has 0 saturated heterocycles. The molecule has 0 aromatic heterocycles. The van der Waals surface area contributed by atoms with E-state index in [1.54, 1.807) is 0 Å². The van der Waals surface area contributed by atoms with Gasteiger partial charge in [0, 0.05) is 172 Å². The Kier molecular flexibility index (Phi) is 52.1. The second-order valence-electron chi connectivity index (χ2n) is 14.1. The van der Waals surface area contributed by atoms with Gasteiger partial charge in [0.1, 0.15) is 0 Å². The molecule has 0 heterocycles. The SMILES string of the molecule is CCC(C)C(=O)OCCCOCCCOCCCOCCCOCCCOCCCOCCCOCCCOCCCOCCCOCCCOCCCOCCCO. The molecule has 0 amide bonds. The van der Waals surface area contributed by atoms with Crippen LogP contribution in [0.5, 0.6) is 0 Å². The Morgan fingerprint density at radius 3 is 0.661 bits per heavy atom. The zero-order valence-electron chi connectivity index (χ0n) is 37.5. The smallest absolute Gasteiger partial charge is 0.308 e. The van der Waals surface area contributed by atoms with E-state index in [1.807, 2.05) is 13.8 Å². The number of ether oxygens (including phenoxy) is 13. The highest BCUT2D eigenvalue weighted by molar-refractivity contribution is 5.71. The first kappa shape index (κ1) is 58.0. The predicted molar refractivity (Wildman–Crippen MR) is 227 cm³/mol. The Morgan fingerprint density at radius 2 is 0.492 bits per heavy atom. The quantitative estimate of drug-likeness (QED) is 0.0575. The summed E-state index contributed by atoms with van der Waals surface area (Å²) in [5.74, 6) is -0.162. The van der Waals surface area contributed by atoms with Crippen molar-refractivity contribution in [2.75, 3.05) is 172 Å². The van der Waals surface area contributed by atoms with E-state index in [0.717, 1.165) is 83.5 Å². The minimum absolute atomic E-state index is 0.0346. The molecule has 0 aliphatic rings. The van der Waals surface area contributed by atoms with Crippen LogP contribution in [0.15, 0.2) is 0 Å². The lowest BCUT2D eigenvalue weighted by Gasteiger charge is -2.09. The molecule has 0 aliphatic carbocycles. The van der Waals surface area contributed by atoms with Gasteiger partial charge in [-0.25, -0.2) is 0 Å². The Labute approximate surface area is 358 Å². The van der Waals surface area contributed by atoms with Crippen LogP contribution < -0.4 is 0 Å². The molecule has 0 saturated carbocycles. The van der Waals surface area contributed by atoms with Crippen molar-refractivity contribution in [1.29, 1.82) is 0 Å². The van der Waals surface area contributed by atoms with Crippen LogP contribution in [0.4, 0.5) is 0 Å². The number of aliphatic hydroxyl groups is 1. The van der Waals surface area contributed by atoms with Crippen molar-refractivity contribution in [2.24, 2.45) is 5.92 Å². The summed E-state index contributed by atoms with van der Waals surface area (Å²) in [6, 6.07) is 0. The second-order valence-corrected chi connectivity index (χ2v) is 14.1. The third kappa shape index (κ3) is 51.2. The molecule has 0 rings (SSSR count). The first-order valence-corrected chi connectivity index (χ1v) is 22.9. The van der Waals surface area contributed by atoms with Gasteiger partial charge in [-0.2, -0.15) is 0 Å². The maximum atomic E-state index is 11.6. The Morgan fingerprint density at radius 1 is 0.322 bits per heavy atom. The van der Waals surface area contributed by atoms with Crippen molar-refractivity contribution < 1.29 is 71.5 Å². The van der Waals surface area contributed by atoms with E-state index in [1.165, 1.54) is 0 Å². The van der Waals surface area contributed by atoms with Gasteiger partial charge < -0.3 is 66.7 Å². The highest BCUT2D eigenvalue weighted by atomic mass is 16.5. The molecule has 0 fully saturated rings. The van der Waals surface area contributed by atoms with E-state index < -0.39 is 0 Å². The zero-order chi connectivity index (χ0) is 42.6. The number of hydrogen-bond donors (Lipinski definition) is 1. The highest BCUT2D eigenvalue weighted by Crippen LogP contribution is 2.03. The lowest BCUT2D eigenvalue weighted by atomic mass is 10.1. The molecule has 0 bridgehead atoms. The summed E-state index contributed by atoms with van der Waals surface area (Å²) in [4.78, 5) is 11.6. The normalized spacial score (nSPS) is 12.1. The fraction of sp³-hybridized carbons (Fsp3) is 0.977. The molecule has 354 valence electrons. The van der Waals surface area contributed by atoms with Gasteiger partial charge >= 0.3 is 5.97 Å². The van der Waals surface area contributed by atoms with E-state index in [-0.39, 0.29) is 18.5 Å². The summed E-state index contributed by atoms with van der Waals surface area (Å²) < 4.78 is 72.5. The number of rotatable bonds is 53. The Bertz CT molecular complexity index is 783. The summed E-state index contributed by atoms with van der Waals surface area (Å²) in [6.07, 6.45) is 11.9. The largest absolute Gasteiger partial charge is 0.465 e. The van der Waals surface area contributed by atoms with Crippen LogP contribution in [0.1, 0.15) is 104 Å². The van der Waals surface area contributed by atoms with Crippen LogP contribution in [-0.4, -0.2) is 183 Å². The maximum Gasteiger partial charge on any atom is 0.308 e. The van der Waals surface area contributed by atoms with Crippen LogP contribution >= 0.6 is 0 Å². The minimum atomic E-state index is -0.127. The van der Waals surface area contributed by atoms with Crippen molar-refractivity contribution in [2.45, 2.75) is 104 Å². The predicted octanol–water partition coefficient (Wildman–Crippen LogP) is 5.84. The molecule has 1 unspecified atom stereocenters. The molecule has 0 aromatic carbocycles. The van der Waals surface area contributed by atoms with Crippen molar-refractivity contribution in [1.82, 2.24) is 0 Å². The standard InChI is InChI=1S/C44H88O15/c1-3-43(2)44(46)59-42-16-41-58-40-15-39-57-38-14-37-56-36-13-35-55-34-12-33-54-32-11-31-53-30-10-29-52-28-9-27-51-26-8-25-50-24-7-23-49-22-6-21-48-20-5-19-47-18-4-17-45/h43,45H,3-42H2,1-2H3. The zero-order valence-corrected chi connectivity index (χ0v) is 37.5. The number of esters is 1. The monoisotopic (exact) mass is 857 g/mol. The third-order valence-electron chi connectivity index (χ3n) is 8.49. The first-order chi connectivity index (χ1) is 29.2. The van der Waals surface area contributed by atoms with E-state index in [4.69, 9.17) is 66.7 Å². The molecule has 1 atom stereocenters. The van der Waals surface area contributed by atoms with Crippen LogP contribution in [0.2, 0.25) is 0 Å². The van der Waals surface area contributed by atoms with Crippen LogP contribution in [0, 0.1) is 5.92 Å². The first-order valence-electron chi connectivity index (χ1n) is 22.9. The molecule has 15 nitrogen and oxygen atoms in total. The number of carbonyl (C=O) groups excluding carboxylic acids is 1. The molecule has 15 heteroatoms. The number of aliphatic hydroxyl groups excluding tert-OH is 1. The van der Waals surface area contributed by atoms with Gasteiger partial charge in [0.2, 0.25) is 0 Å². The molecule has 59 heavy (non-hydrogen) atoms. The highest BCUT2D eigenvalue weighted by Gasteiger charge is 2.11. The van der Waals surface area contributed by atoms with Crippen molar-refractivity contribution >= 4 is 5.97 Å². The van der Waals surface area contributed by atoms with Crippen molar-refractivity contribution in [3.05, 3.63) is 0 Å². The molecule has 0 radical (unpaired) electrons. The average Bonchev–Trinajstić information content (AvgIpc) is 3.25. The second kappa shape index (κ2) is 53.1. The summed E-state index contributed by atoms with van der Waals surface area (Å²) in [5.41, 5.74) is 0. The van der Waals surface area contributed by atoms with Gasteiger partial charge in [-0.3, -0.25) is 4.79 Å². The summed E-state index contributed by atoms with van der Waals surface area (Å²) in [6.45, 7) is 20.9. The molecular weight excluding hydrogens is 768 g/mol. The van der Waals surface area contributed by atoms with Crippen LogP contribution in [0.25, 0.3) is 0 Å². The molecular formula is C44H88O15. The summed E-state index contributed by atoms with van der Waals surface area (Å²) in [5, 5.41) is 8.68. The Hall–Kier alpha value is -1.05. The lowest BCUT2D eigenvalue weighted by Crippen LogP contribution is -2.15. The van der Waals surface area contributed by atoms with Crippen molar-refractivity contribution in [3.8, 4) is 0 Å². The minimum Gasteiger partial charge on any atom is -0.465 e. The van der Waals surface area contributed by atoms with E-state index >= 15 is 0 Å². The summed E-state index contributed by atoms with van der Waals surface area (Å²) in [7, 11) is 0. The van der Waals surface area contributed by atoms with Gasteiger partial charge in [0.05, 0.1) is 12.5 Å². The fourth-order valence-electron chi connectivity index (χ4n) is 4.93. The topological polar surface area (TPSA) is 157 Å². The number of carbonyl (C=O) groups is 1. The van der Waals surface area contributed by atoms with E-state index in [0.29, 0.717) is 172 Å². The van der Waals surface area contributed by atoms with E-state index in [9.17, 15) is 4.79 Å². The molecule has 0 aromatic rings. The summed E-state index contributed by atoms with van der Waals surface area (Å²) >= 11 is 0. The third-order valence-corrected chi connectivity index (χ3v) is 8.49. The van der Waals surface area contributed by atoms with Gasteiger partial charge in [0.15, 0.2) is 0 Å². The van der Waals surface area contributed by atoms with E-state index in [2.05, 4.69) is 0 Å². The van der Waals surface area contributed by atoms with Gasteiger partial charge in [-0.15, -0.1) is 0 Å². The van der Waals surface area contributed by atoms with Crippen LogP contribution in [-0.2, 0) is 66.4 Å². The van der Waals surface area contributed by atoms with Crippen molar-refractivity contribution in [3.63, 3.8) is 0 Å². The number of hydrogen-bond acceptors (Lipinski definition) is 15. The molecule has 0 aliphatic heterocycles. The lowest BCUT2D eigenvalue weighted by molar-refractivity contribution is -0.148. The Balaban J connectivity index is 3.08. The molecule has 0 spiro atoms. The van der Waals surface area contributed by atoms with Gasteiger partial charge in [-0.05, 0) is 83.5 Å².